The number of thiophene rings is 1. The maximum Gasteiger partial charge on any atom is 0.273 e. The van der Waals surface area contributed by atoms with Crippen molar-refractivity contribution in [3.63, 3.8) is 0 Å². The van der Waals surface area contributed by atoms with E-state index >= 15 is 0 Å². The van der Waals surface area contributed by atoms with Gasteiger partial charge >= 0.3 is 0 Å². The first-order chi connectivity index (χ1) is 10.3. The van der Waals surface area contributed by atoms with E-state index in [1.165, 1.54) is 0 Å². The van der Waals surface area contributed by atoms with Gasteiger partial charge in [-0.1, -0.05) is 18.2 Å². The van der Waals surface area contributed by atoms with Crippen molar-refractivity contribution in [1.29, 1.82) is 0 Å². The molecule has 0 aliphatic rings. The van der Waals surface area contributed by atoms with Gasteiger partial charge in [0.15, 0.2) is 0 Å². The Morgan fingerprint density at radius 1 is 1.10 bits per heavy atom. The molecule has 21 heavy (non-hydrogen) atoms. The molecule has 2 aromatic heterocycles. The lowest BCUT2D eigenvalue weighted by Crippen LogP contribution is -2.19. The monoisotopic (exact) mass is 295 g/mol. The van der Waals surface area contributed by atoms with Crippen molar-refractivity contribution >= 4 is 23.5 Å². The van der Waals surface area contributed by atoms with E-state index in [1.807, 2.05) is 64.8 Å². The third-order valence-corrected chi connectivity index (χ3v) is 3.74. The molecule has 0 aliphatic carbocycles. The summed E-state index contributed by atoms with van der Waals surface area (Å²) in [6.07, 6.45) is 5.45. The first kappa shape index (κ1) is 13.3. The van der Waals surface area contributed by atoms with E-state index in [4.69, 9.17) is 0 Å². The minimum absolute atomic E-state index is 0.230. The Hall–Kier alpha value is -2.66. The molecule has 4 nitrogen and oxygen atoms in total. The molecule has 0 aliphatic heterocycles. The molecule has 0 bridgehead atoms. The maximum atomic E-state index is 12.3. The summed E-state index contributed by atoms with van der Waals surface area (Å²) in [5.41, 5.74) is 3.97. The number of hydrogen-bond acceptors (Lipinski definition) is 3. The predicted molar refractivity (Wildman–Crippen MR) is 85.1 cm³/mol. The highest BCUT2D eigenvalue weighted by Crippen LogP contribution is 2.14. The van der Waals surface area contributed by atoms with Gasteiger partial charge in [-0.15, -0.1) is 11.3 Å². The normalized spacial score (nSPS) is 10.9. The summed E-state index contributed by atoms with van der Waals surface area (Å²) in [6.45, 7) is 0. The maximum absolute atomic E-state index is 12.3. The number of carbonyl (C=O) groups is 1. The fourth-order valence-corrected chi connectivity index (χ4v) is 2.55. The first-order valence-corrected chi connectivity index (χ1v) is 7.32. The van der Waals surface area contributed by atoms with Crippen molar-refractivity contribution < 1.29 is 4.79 Å². The van der Waals surface area contributed by atoms with E-state index in [2.05, 4.69) is 10.5 Å². The van der Waals surface area contributed by atoms with Crippen LogP contribution in [0.15, 0.2) is 71.4 Å². The van der Waals surface area contributed by atoms with Gasteiger partial charge in [0, 0.05) is 17.3 Å². The number of para-hydroxylation sites is 1. The van der Waals surface area contributed by atoms with Gasteiger partial charge in [0.2, 0.25) is 0 Å². The molecule has 3 aromatic rings. The molecule has 104 valence electrons. The van der Waals surface area contributed by atoms with Crippen LogP contribution in [0.5, 0.6) is 0 Å². The summed E-state index contributed by atoms with van der Waals surface area (Å²) in [6, 6.07) is 15.1. The van der Waals surface area contributed by atoms with Crippen LogP contribution in [0.4, 0.5) is 0 Å². The molecule has 0 saturated carbocycles. The van der Waals surface area contributed by atoms with Crippen molar-refractivity contribution in [1.82, 2.24) is 9.99 Å². The topological polar surface area (TPSA) is 46.4 Å². The summed E-state index contributed by atoms with van der Waals surface area (Å²) in [7, 11) is 0. The third kappa shape index (κ3) is 3.09. The zero-order valence-electron chi connectivity index (χ0n) is 11.1. The molecule has 0 unspecified atom stereocenters. The Labute approximate surface area is 126 Å². The second-order valence-electron chi connectivity index (χ2n) is 4.32. The van der Waals surface area contributed by atoms with Gasteiger partial charge in [-0.25, -0.2) is 5.43 Å². The molecule has 0 atom stereocenters. The van der Waals surface area contributed by atoms with Gasteiger partial charge in [0.1, 0.15) is 0 Å². The number of carbonyl (C=O) groups excluding carboxylic acids is 1. The van der Waals surface area contributed by atoms with Gasteiger partial charge in [-0.05, 0) is 35.7 Å². The van der Waals surface area contributed by atoms with Crippen LogP contribution >= 0.6 is 11.3 Å². The Morgan fingerprint density at radius 3 is 2.67 bits per heavy atom. The lowest BCUT2D eigenvalue weighted by molar-refractivity contribution is 0.0955. The zero-order valence-corrected chi connectivity index (χ0v) is 12.0. The van der Waals surface area contributed by atoms with E-state index in [0.29, 0.717) is 5.56 Å². The standard InChI is InChI=1S/C16H13N3OS/c20-16(18-17-12-13-6-5-11-21-13)14-7-1-2-8-15(14)19-9-3-4-10-19/h1-12H,(H,18,20). The molecular weight excluding hydrogens is 282 g/mol. The molecule has 1 amide bonds. The van der Waals surface area contributed by atoms with Crippen LogP contribution in [0.25, 0.3) is 5.69 Å². The highest BCUT2D eigenvalue weighted by Gasteiger charge is 2.10. The van der Waals surface area contributed by atoms with Crippen LogP contribution in [0.1, 0.15) is 15.2 Å². The number of rotatable bonds is 4. The van der Waals surface area contributed by atoms with Crippen molar-refractivity contribution in [2.24, 2.45) is 5.10 Å². The minimum atomic E-state index is -0.230. The second kappa shape index (κ2) is 6.19. The molecule has 0 fully saturated rings. The summed E-state index contributed by atoms with van der Waals surface area (Å²) in [4.78, 5) is 13.2. The van der Waals surface area contributed by atoms with Gasteiger partial charge in [-0.2, -0.15) is 5.10 Å². The van der Waals surface area contributed by atoms with Crippen molar-refractivity contribution in [3.8, 4) is 5.69 Å². The molecule has 0 radical (unpaired) electrons. The molecule has 1 N–H and O–H groups in total. The number of nitrogens with one attached hydrogen (secondary N) is 1. The van der Waals surface area contributed by atoms with Gasteiger partial charge in [0.05, 0.1) is 17.5 Å². The SMILES string of the molecule is O=C(NN=Cc1cccs1)c1ccccc1-n1cccc1. The van der Waals surface area contributed by atoms with E-state index in [-0.39, 0.29) is 5.91 Å². The summed E-state index contributed by atoms with van der Waals surface area (Å²) < 4.78 is 1.90. The number of nitrogens with zero attached hydrogens (tertiary/aromatic N) is 2. The van der Waals surface area contributed by atoms with Crippen LogP contribution in [0, 0.1) is 0 Å². The van der Waals surface area contributed by atoms with Gasteiger partial charge in [-0.3, -0.25) is 4.79 Å². The van der Waals surface area contributed by atoms with Crippen LogP contribution in [0.3, 0.4) is 0 Å². The van der Waals surface area contributed by atoms with E-state index in [9.17, 15) is 4.79 Å². The average molecular weight is 295 g/mol. The minimum Gasteiger partial charge on any atom is -0.323 e. The van der Waals surface area contributed by atoms with Gasteiger partial charge < -0.3 is 4.57 Å². The van der Waals surface area contributed by atoms with Crippen molar-refractivity contribution in [2.75, 3.05) is 0 Å². The Balaban J connectivity index is 1.79. The number of benzene rings is 1. The number of hydrazone groups is 1. The largest absolute Gasteiger partial charge is 0.323 e. The van der Waals surface area contributed by atoms with Crippen molar-refractivity contribution in [2.45, 2.75) is 0 Å². The molecule has 1 aromatic carbocycles. The Morgan fingerprint density at radius 2 is 1.90 bits per heavy atom. The lowest BCUT2D eigenvalue weighted by atomic mass is 10.1. The Bertz CT molecular complexity index is 746. The van der Waals surface area contributed by atoms with Gasteiger partial charge in [0.25, 0.3) is 5.91 Å². The molecule has 0 saturated heterocycles. The lowest BCUT2D eigenvalue weighted by Gasteiger charge is -2.08. The third-order valence-electron chi connectivity index (χ3n) is 2.93. The number of aromatic nitrogens is 1. The number of amides is 1. The van der Waals surface area contributed by atoms with Crippen LogP contribution in [-0.4, -0.2) is 16.7 Å². The quantitative estimate of drug-likeness (QED) is 0.582. The average Bonchev–Trinajstić information content (AvgIpc) is 3.20. The second-order valence-corrected chi connectivity index (χ2v) is 5.30. The van der Waals surface area contributed by atoms with E-state index in [0.717, 1.165) is 10.6 Å². The summed E-state index contributed by atoms with van der Waals surface area (Å²) >= 11 is 1.57. The number of hydrogen-bond donors (Lipinski definition) is 1. The first-order valence-electron chi connectivity index (χ1n) is 6.44. The van der Waals surface area contributed by atoms with Crippen LogP contribution < -0.4 is 5.43 Å². The summed E-state index contributed by atoms with van der Waals surface area (Å²) in [5, 5.41) is 5.95. The molecule has 3 rings (SSSR count). The van der Waals surface area contributed by atoms with Crippen molar-refractivity contribution in [3.05, 3.63) is 76.7 Å². The Kier molecular flexibility index (Phi) is 3.93. The smallest absolute Gasteiger partial charge is 0.273 e. The van der Waals surface area contributed by atoms with E-state index in [1.54, 1.807) is 23.6 Å². The fraction of sp³-hybridized carbons (Fsp3) is 0. The molecular formula is C16H13N3OS. The predicted octanol–water partition coefficient (Wildman–Crippen LogP) is 3.30. The fourth-order valence-electron chi connectivity index (χ4n) is 1.97. The molecule has 5 heteroatoms. The highest BCUT2D eigenvalue weighted by atomic mass is 32.1. The van der Waals surface area contributed by atoms with Crippen LogP contribution in [-0.2, 0) is 0 Å². The molecule has 2 heterocycles. The molecule has 0 spiro atoms. The highest BCUT2D eigenvalue weighted by molar-refractivity contribution is 7.11. The zero-order chi connectivity index (χ0) is 14.5. The summed E-state index contributed by atoms with van der Waals surface area (Å²) in [5.74, 6) is -0.230. The van der Waals surface area contributed by atoms with Crippen LogP contribution in [0.2, 0.25) is 0 Å². The van der Waals surface area contributed by atoms with E-state index < -0.39 is 0 Å².